The van der Waals surface area contributed by atoms with E-state index in [1.807, 2.05) is 30.3 Å². The van der Waals surface area contributed by atoms with Crippen molar-refractivity contribution < 1.29 is 4.79 Å². The maximum Gasteiger partial charge on any atom is 0.251 e. The number of rotatable bonds is 9. The molecule has 0 aliphatic heterocycles. The van der Waals surface area contributed by atoms with E-state index in [-0.39, 0.29) is 5.91 Å². The number of amides is 1. The van der Waals surface area contributed by atoms with Crippen LogP contribution in [0, 0.1) is 5.92 Å². The molecule has 2 aromatic rings. The molecule has 0 saturated carbocycles. The second-order valence-corrected chi connectivity index (χ2v) is 7.93. The minimum Gasteiger partial charge on any atom is -0.352 e. The number of benzene rings is 1. The van der Waals surface area contributed by atoms with Gasteiger partial charge in [-0.25, -0.2) is 0 Å². The van der Waals surface area contributed by atoms with E-state index in [4.69, 9.17) is 0 Å². The molecule has 0 fully saturated rings. The van der Waals surface area contributed by atoms with Crippen LogP contribution in [0.15, 0.2) is 42.1 Å². The average Bonchev–Trinajstić information content (AvgIpc) is 3.01. The summed E-state index contributed by atoms with van der Waals surface area (Å²) < 4.78 is 2.11. The molecular weight excluding hydrogens is 344 g/mol. The van der Waals surface area contributed by atoms with Crippen molar-refractivity contribution >= 4 is 17.7 Å². The summed E-state index contributed by atoms with van der Waals surface area (Å²) in [6, 6.07) is 7.74. The first-order chi connectivity index (χ1) is 12.4. The molecule has 6 heteroatoms. The maximum absolute atomic E-state index is 12.1. The van der Waals surface area contributed by atoms with Crippen LogP contribution in [-0.2, 0) is 12.3 Å². The molecule has 1 amide bonds. The number of thioether (sulfide) groups is 1. The van der Waals surface area contributed by atoms with E-state index in [2.05, 4.69) is 54.4 Å². The van der Waals surface area contributed by atoms with Crippen molar-refractivity contribution in [1.29, 1.82) is 0 Å². The van der Waals surface area contributed by atoms with E-state index in [0.717, 1.165) is 22.3 Å². The minimum atomic E-state index is -0.0230. The second kappa shape index (κ2) is 9.57. The van der Waals surface area contributed by atoms with Gasteiger partial charge in [0.15, 0.2) is 5.16 Å². The van der Waals surface area contributed by atoms with Crippen LogP contribution in [0.4, 0.5) is 0 Å². The SMILES string of the molecule is C=CCn1c(SCc2ccc(C(=O)NCC(C)C)cc2)nnc1C(C)C. The van der Waals surface area contributed by atoms with Crippen molar-refractivity contribution in [3.05, 3.63) is 53.9 Å². The fourth-order valence-electron chi connectivity index (χ4n) is 2.43. The van der Waals surface area contributed by atoms with E-state index in [1.54, 1.807) is 11.8 Å². The zero-order valence-corrected chi connectivity index (χ0v) is 16.8. The summed E-state index contributed by atoms with van der Waals surface area (Å²) in [6.45, 7) is 13.6. The molecule has 1 aromatic heterocycles. The summed E-state index contributed by atoms with van der Waals surface area (Å²) >= 11 is 1.65. The zero-order valence-electron chi connectivity index (χ0n) is 16.0. The summed E-state index contributed by atoms with van der Waals surface area (Å²) in [5, 5.41) is 12.5. The number of aromatic nitrogens is 3. The molecule has 0 saturated heterocycles. The van der Waals surface area contributed by atoms with Crippen LogP contribution in [-0.4, -0.2) is 27.2 Å². The van der Waals surface area contributed by atoms with E-state index in [1.165, 1.54) is 0 Å². The standard InChI is InChI=1S/C20H28N4OS/c1-6-11-24-18(15(4)5)22-23-20(24)26-13-16-7-9-17(10-8-16)19(25)21-12-14(2)3/h6-10,14-15H,1,11-13H2,2-5H3,(H,21,25). The summed E-state index contributed by atoms with van der Waals surface area (Å²) in [4.78, 5) is 12.1. The fraction of sp³-hybridized carbons (Fsp3) is 0.450. The quantitative estimate of drug-likeness (QED) is 0.528. The lowest BCUT2D eigenvalue weighted by Gasteiger charge is -2.10. The average molecular weight is 373 g/mol. The number of hydrogen-bond acceptors (Lipinski definition) is 4. The van der Waals surface area contributed by atoms with Gasteiger partial charge in [0.25, 0.3) is 5.91 Å². The van der Waals surface area contributed by atoms with Crippen LogP contribution in [0.3, 0.4) is 0 Å². The molecule has 0 atom stereocenters. The van der Waals surface area contributed by atoms with Crippen LogP contribution in [0.5, 0.6) is 0 Å². The summed E-state index contributed by atoms with van der Waals surface area (Å²) in [5.41, 5.74) is 1.84. The normalized spacial score (nSPS) is 11.2. The number of allylic oxidation sites excluding steroid dienone is 1. The lowest BCUT2D eigenvalue weighted by molar-refractivity contribution is 0.0949. The van der Waals surface area contributed by atoms with Crippen LogP contribution >= 0.6 is 11.8 Å². The third-order valence-electron chi connectivity index (χ3n) is 3.83. The maximum atomic E-state index is 12.1. The smallest absolute Gasteiger partial charge is 0.251 e. The van der Waals surface area contributed by atoms with E-state index in [9.17, 15) is 4.79 Å². The van der Waals surface area contributed by atoms with Crippen LogP contribution in [0.1, 0.15) is 55.4 Å². The lowest BCUT2D eigenvalue weighted by Crippen LogP contribution is -2.27. The number of nitrogens with one attached hydrogen (secondary N) is 1. The third-order valence-corrected chi connectivity index (χ3v) is 4.87. The van der Waals surface area contributed by atoms with Gasteiger partial charge in [-0.2, -0.15) is 0 Å². The van der Waals surface area contributed by atoms with Gasteiger partial charge in [-0.3, -0.25) is 4.79 Å². The van der Waals surface area contributed by atoms with Crippen molar-refractivity contribution in [3.8, 4) is 0 Å². The third kappa shape index (κ3) is 5.46. The van der Waals surface area contributed by atoms with E-state index >= 15 is 0 Å². The Balaban J connectivity index is 2.00. The predicted molar refractivity (Wildman–Crippen MR) is 107 cm³/mol. The number of carbonyl (C=O) groups excluding carboxylic acids is 1. The molecule has 0 unspecified atom stereocenters. The number of nitrogens with zero attached hydrogens (tertiary/aromatic N) is 3. The van der Waals surface area contributed by atoms with Gasteiger partial charge in [0.05, 0.1) is 0 Å². The van der Waals surface area contributed by atoms with E-state index in [0.29, 0.717) is 30.5 Å². The zero-order chi connectivity index (χ0) is 19.1. The molecule has 5 nitrogen and oxygen atoms in total. The Hall–Kier alpha value is -2.08. The van der Waals surface area contributed by atoms with Crippen molar-refractivity contribution in [1.82, 2.24) is 20.1 Å². The summed E-state index contributed by atoms with van der Waals surface area (Å²) in [6.07, 6.45) is 1.86. The number of carbonyl (C=O) groups is 1. The van der Waals surface area contributed by atoms with Gasteiger partial charge in [0.2, 0.25) is 0 Å². The van der Waals surface area contributed by atoms with Crippen LogP contribution in [0.2, 0.25) is 0 Å². The lowest BCUT2D eigenvalue weighted by atomic mass is 10.1. The Morgan fingerprint density at radius 2 is 1.92 bits per heavy atom. The minimum absolute atomic E-state index is 0.0230. The first-order valence-electron chi connectivity index (χ1n) is 8.96. The molecule has 0 aliphatic carbocycles. The van der Waals surface area contributed by atoms with Crippen molar-refractivity contribution in [2.24, 2.45) is 5.92 Å². The molecule has 1 aromatic carbocycles. The molecular formula is C20H28N4OS. The molecule has 0 radical (unpaired) electrons. The van der Waals surface area contributed by atoms with Gasteiger partial charge in [0.1, 0.15) is 5.82 Å². The first-order valence-corrected chi connectivity index (χ1v) is 9.94. The van der Waals surface area contributed by atoms with Gasteiger partial charge >= 0.3 is 0 Å². The highest BCUT2D eigenvalue weighted by molar-refractivity contribution is 7.98. The highest BCUT2D eigenvalue weighted by Gasteiger charge is 2.14. The molecule has 0 aliphatic rings. The Kier molecular flexibility index (Phi) is 7.45. The van der Waals surface area contributed by atoms with Gasteiger partial charge < -0.3 is 9.88 Å². The fourth-order valence-corrected chi connectivity index (χ4v) is 3.34. The van der Waals surface area contributed by atoms with Gasteiger partial charge in [0, 0.05) is 30.3 Å². The first kappa shape index (κ1) is 20.2. The summed E-state index contributed by atoms with van der Waals surface area (Å²) in [5.74, 6) is 2.50. The number of hydrogen-bond donors (Lipinski definition) is 1. The largest absolute Gasteiger partial charge is 0.352 e. The monoisotopic (exact) mass is 372 g/mol. The van der Waals surface area contributed by atoms with Crippen molar-refractivity contribution in [2.45, 2.75) is 51.1 Å². The molecule has 0 bridgehead atoms. The molecule has 1 heterocycles. The van der Waals surface area contributed by atoms with Gasteiger partial charge in [-0.15, -0.1) is 16.8 Å². The van der Waals surface area contributed by atoms with Gasteiger partial charge in [-0.1, -0.05) is 57.7 Å². The molecule has 1 N–H and O–H groups in total. The Bertz CT molecular complexity index is 735. The van der Waals surface area contributed by atoms with Gasteiger partial charge in [-0.05, 0) is 23.6 Å². The Morgan fingerprint density at radius 3 is 2.50 bits per heavy atom. The Morgan fingerprint density at radius 1 is 1.23 bits per heavy atom. The second-order valence-electron chi connectivity index (χ2n) is 6.98. The van der Waals surface area contributed by atoms with Crippen molar-refractivity contribution in [3.63, 3.8) is 0 Å². The predicted octanol–water partition coefficient (Wildman–Crippen LogP) is 4.27. The topological polar surface area (TPSA) is 59.8 Å². The summed E-state index contributed by atoms with van der Waals surface area (Å²) in [7, 11) is 0. The molecule has 26 heavy (non-hydrogen) atoms. The molecule has 2 rings (SSSR count). The van der Waals surface area contributed by atoms with Crippen LogP contribution in [0.25, 0.3) is 0 Å². The highest BCUT2D eigenvalue weighted by Crippen LogP contribution is 2.24. The molecule has 0 spiro atoms. The van der Waals surface area contributed by atoms with Crippen LogP contribution < -0.4 is 5.32 Å². The van der Waals surface area contributed by atoms with Crippen molar-refractivity contribution in [2.75, 3.05) is 6.54 Å². The Labute approximate surface area is 160 Å². The highest BCUT2D eigenvalue weighted by atomic mass is 32.2. The van der Waals surface area contributed by atoms with E-state index < -0.39 is 0 Å². The molecule has 140 valence electrons.